The first kappa shape index (κ1) is 19.2. The first-order valence-electron chi connectivity index (χ1n) is 8.89. The molecule has 0 aliphatic rings. The largest absolute Gasteiger partial charge is 0.350 e. The third kappa shape index (κ3) is 5.23. The van der Waals surface area contributed by atoms with Crippen LogP contribution in [0.25, 0.3) is 0 Å². The van der Waals surface area contributed by atoms with E-state index in [4.69, 9.17) is 0 Å². The molecule has 2 N–H and O–H groups in total. The highest BCUT2D eigenvalue weighted by Crippen LogP contribution is 2.11. The summed E-state index contributed by atoms with van der Waals surface area (Å²) in [6, 6.07) is 18.3. The highest BCUT2D eigenvalue weighted by molar-refractivity contribution is 6.03. The number of hydrogen-bond acceptors (Lipinski definition) is 3. The van der Waals surface area contributed by atoms with Crippen molar-refractivity contribution in [3.8, 4) is 0 Å². The van der Waals surface area contributed by atoms with Gasteiger partial charge < -0.3 is 10.6 Å². The normalized spacial score (nSPS) is 10.4. The Kier molecular flexibility index (Phi) is 6.11. The number of aromatic nitrogens is 1. The summed E-state index contributed by atoms with van der Waals surface area (Å²) in [7, 11) is 0. The molecule has 28 heavy (non-hydrogen) atoms. The number of amides is 2. The molecule has 0 fully saturated rings. The number of anilines is 1. The van der Waals surface area contributed by atoms with Gasteiger partial charge in [-0.05, 0) is 60.9 Å². The smallest absolute Gasteiger partial charge is 0.274 e. The maximum Gasteiger partial charge on any atom is 0.274 e. The van der Waals surface area contributed by atoms with Crippen molar-refractivity contribution in [1.82, 2.24) is 10.3 Å². The Bertz CT molecular complexity index is 987. The Balaban J connectivity index is 1.59. The average molecular weight is 377 g/mol. The van der Waals surface area contributed by atoms with Crippen molar-refractivity contribution >= 4 is 17.5 Å². The third-order valence-corrected chi connectivity index (χ3v) is 4.10. The Morgan fingerprint density at radius 2 is 1.61 bits per heavy atom. The van der Waals surface area contributed by atoms with Gasteiger partial charge in [0.15, 0.2) is 0 Å². The predicted molar refractivity (Wildman–Crippen MR) is 106 cm³/mol. The first-order valence-corrected chi connectivity index (χ1v) is 8.89. The van der Waals surface area contributed by atoms with Crippen molar-refractivity contribution in [2.75, 3.05) is 11.9 Å². The quantitative estimate of drug-likeness (QED) is 0.687. The van der Waals surface area contributed by atoms with Crippen molar-refractivity contribution in [3.63, 3.8) is 0 Å². The van der Waals surface area contributed by atoms with E-state index in [1.54, 1.807) is 36.4 Å². The molecule has 0 bridgehead atoms. The Labute approximate surface area is 162 Å². The summed E-state index contributed by atoms with van der Waals surface area (Å²) in [5.41, 5.74) is 2.94. The predicted octanol–water partition coefficient (Wildman–Crippen LogP) is 3.75. The molecule has 0 radical (unpaired) electrons. The van der Waals surface area contributed by atoms with Crippen LogP contribution in [0.4, 0.5) is 10.1 Å². The standard InChI is InChI=1S/C22H20FN3O2/c1-15-4-2-5-18(14-15)25-22(28)20-7-3-6-19(26-20)21(27)24-13-12-16-8-10-17(23)11-9-16/h2-11,14H,12-13H2,1H3,(H,24,27)(H,25,28). The van der Waals surface area contributed by atoms with Gasteiger partial charge in [0, 0.05) is 12.2 Å². The van der Waals surface area contributed by atoms with Gasteiger partial charge in [0.2, 0.25) is 0 Å². The van der Waals surface area contributed by atoms with E-state index in [9.17, 15) is 14.0 Å². The SMILES string of the molecule is Cc1cccc(NC(=O)c2cccc(C(=O)NCCc3ccc(F)cc3)n2)c1. The number of aryl methyl sites for hydroxylation is 1. The molecule has 1 aromatic heterocycles. The molecule has 0 aliphatic carbocycles. The van der Waals surface area contributed by atoms with E-state index in [1.165, 1.54) is 12.1 Å². The summed E-state index contributed by atoms with van der Waals surface area (Å²) in [5, 5.41) is 5.53. The fourth-order valence-corrected chi connectivity index (χ4v) is 2.67. The topological polar surface area (TPSA) is 71.1 Å². The summed E-state index contributed by atoms with van der Waals surface area (Å²) in [5.74, 6) is -1.04. The van der Waals surface area contributed by atoms with Gasteiger partial charge in [0.25, 0.3) is 11.8 Å². The molecule has 0 aliphatic heterocycles. The first-order chi connectivity index (χ1) is 13.5. The zero-order valence-electron chi connectivity index (χ0n) is 15.4. The molecule has 142 valence electrons. The molecule has 3 aromatic rings. The van der Waals surface area contributed by atoms with Gasteiger partial charge in [0.1, 0.15) is 17.2 Å². The van der Waals surface area contributed by atoms with Gasteiger partial charge in [-0.15, -0.1) is 0 Å². The summed E-state index contributed by atoms with van der Waals surface area (Å²) in [6.45, 7) is 2.32. The lowest BCUT2D eigenvalue weighted by Crippen LogP contribution is -2.27. The molecule has 2 amide bonds. The molecule has 0 saturated carbocycles. The van der Waals surface area contributed by atoms with Crippen LogP contribution in [-0.2, 0) is 6.42 Å². The second kappa shape index (κ2) is 8.90. The average Bonchev–Trinajstić information content (AvgIpc) is 2.69. The van der Waals surface area contributed by atoms with Gasteiger partial charge in [-0.25, -0.2) is 9.37 Å². The molecule has 0 atom stereocenters. The molecule has 0 saturated heterocycles. The number of hydrogen-bond donors (Lipinski definition) is 2. The summed E-state index contributed by atoms with van der Waals surface area (Å²) < 4.78 is 12.9. The fourth-order valence-electron chi connectivity index (χ4n) is 2.67. The number of benzene rings is 2. The fraction of sp³-hybridized carbons (Fsp3) is 0.136. The minimum Gasteiger partial charge on any atom is -0.350 e. The van der Waals surface area contributed by atoms with Gasteiger partial charge in [-0.2, -0.15) is 0 Å². The molecule has 5 nitrogen and oxygen atoms in total. The maximum atomic E-state index is 12.9. The van der Waals surface area contributed by atoms with Gasteiger partial charge in [0.05, 0.1) is 0 Å². The van der Waals surface area contributed by atoms with Crippen molar-refractivity contribution in [1.29, 1.82) is 0 Å². The molecule has 1 heterocycles. The summed E-state index contributed by atoms with van der Waals surface area (Å²) >= 11 is 0. The van der Waals surface area contributed by atoms with E-state index in [2.05, 4.69) is 15.6 Å². The van der Waals surface area contributed by atoms with Gasteiger partial charge >= 0.3 is 0 Å². The van der Waals surface area contributed by atoms with E-state index < -0.39 is 0 Å². The van der Waals surface area contributed by atoms with Crippen LogP contribution in [0.2, 0.25) is 0 Å². The molecule has 2 aromatic carbocycles. The van der Waals surface area contributed by atoms with E-state index in [1.807, 2.05) is 25.1 Å². The molecular weight excluding hydrogens is 357 g/mol. The Morgan fingerprint density at radius 3 is 2.32 bits per heavy atom. The van der Waals surface area contributed by atoms with Crippen LogP contribution in [0.5, 0.6) is 0 Å². The number of halogens is 1. The number of pyridine rings is 1. The minimum atomic E-state index is -0.383. The van der Waals surface area contributed by atoms with Crippen LogP contribution in [0, 0.1) is 12.7 Å². The summed E-state index contributed by atoms with van der Waals surface area (Å²) in [6.07, 6.45) is 0.569. The lowest BCUT2D eigenvalue weighted by molar-refractivity contribution is 0.0949. The number of carbonyl (C=O) groups is 2. The highest BCUT2D eigenvalue weighted by Gasteiger charge is 2.12. The van der Waals surface area contributed by atoms with Crippen LogP contribution in [-0.4, -0.2) is 23.3 Å². The molecule has 3 rings (SSSR count). The molecule has 0 unspecified atom stereocenters. The van der Waals surface area contributed by atoms with Gasteiger partial charge in [-0.3, -0.25) is 9.59 Å². The van der Waals surface area contributed by atoms with Crippen LogP contribution in [0.15, 0.2) is 66.7 Å². The lowest BCUT2D eigenvalue weighted by atomic mass is 10.1. The van der Waals surface area contributed by atoms with E-state index in [-0.39, 0.29) is 29.0 Å². The van der Waals surface area contributed by atoms with E-state index in [0.717, 1.165) is 11.1 Å². The minimum absolute atomic E-state index is 0.160. The molecule has 6 heteroatoms. The highest BCUT2D eigenvalue weighted by atomic mass is 19.1. The van der Waals surface area contributed by atoms with Crippen LogP contribution >= 0.6 is 0 Å². The zero-order chi connectivity index (χ0) is 19.9. The second-order valence-corrected chi connectivity index (χ2v) is 6.36. The molecular formula is C22H20FN3O2. The Hall–Kier alpha value is -3.54. The number of carbonyl (C=O) groups excluding carboxylic acids is 2. The zero-order valence-corrected chi connectivity index (χ0v) is 15.4. The van der Waals surface area contributed by atoms with Crippen molar-refractivity contribution in [2.45, 2.75) is 13.3 Å². The van der Waals surface area contributed by atoms with Crippen LogP contribution in [0.1, 0.15) is 32.1 Å². The molecule has 0 spiro atoms. The van der Waals surface area contributed by atoms with Crippen molar-refractivity contribution < 1.29 is 14.0 Å². The van der Waals surface area contributed by atoms with Gasteiger partial charge in [-0.1, -0.05) is 30.3 Å². The van der Waals surface area contributed by atoms with Crippen LogP contribution < -0.4 is 10.6 Å². The second-order valence-electron chi connectivity index (χ2n) is 6.36. The maximum absolute atomic E-state index is 12.9. The number of rotatable bonds is 6. The van der Waals surface area contributed by atoms with Crippen LogP contribution in [0.3, 0.4) is 0 Å². The Morgan fingerprint density at radius 1 is 0.929 bits per heavy atom. The monoisotopic (exact) mass is 377 g/mol. The lowest BCUT2D eigenvalue weighted by Gasteiger charge is -2.08. The number of nitrogens with zero attached hydrogens (tertiary/aromatic N) is 1. The third-order valence-electron chi connectivity index (χ3n) is 4.10. The van der Waals surface area contributed by atoms with Crippen molar-refractivity contribution in [3.05, 3.63) is 95.1 Å². The van der Waals surface area contributed by atoms with Crippen molar-refractivity contribution in [2.24, 2.45) is 0 Å². The van der Waals surface area contributed by atoms with E-state index in [0.29, 0.717) is 18.7 Å². The summed E-state index contributed by atoms with van der Waals surface area (Å²) in [4.78, 5) is 28.8. The van der Waals surface area contributed by atoms with E-state index >= 15 is 0 Å². The number of nitrogens with one attached hydrogen (secondary N) is 2.